The van der Waals surface area contributed by atoms with Gasteiger partial charge in [0.25, 0.3) is 5.91 Å². The van der Waals surface area contributed by atoms with Crippen molar-refractivity contribution >= 4 is 11.9 Å². The van der Waals surface area contributed by atoms with Crippen LogP contribution in [0.25, 0.3) is 0 Å². The molecular formula is C14H18FNO4. The van der Waals surface area contributed by atoms with Crippen molar-refractivity contribution in [1.82, 2.24) is 5.32 Å². The molecule has 6 heteroatoms. The maximum atomic E-state index is 13.4. The molecule has 0 aromatic heterocycles. The van der Waals surface area contributed by atoms with E-state index in [4.69, 9.17) is 9.84 Å². The molecule has 0 fully saturated rings. The first kappa shape index (κ1) is 15.9. The van der Waals surface area contributed by atoms with Gasteiger partial charge < -0.3 is 15.2 Å². The van der Waals surface area contributed by atoms with Gasteiger partial charge in [-0.05, 0) is 30.5 Å². The highest BCUT2D eigenvalue weighted by Crippen LogP contribution is 2.17. The monoisotopic (exact) mass is 283 g/mol. The number of carboxylic acid groups (broad SMARTS) is 1. The third kappa shape index (κ3) is 5.69. The summed E-state index contributed by atoms with van der Waals surface area (Å²) in [5.74, 6) is -2.00. The van der Waals surface area contributed by atoms with Gasteiger partial charge in [-0.25, -0.2) is 4.39 Å². The zero-order chi connectivity index (χ0) is 15.1. The van der Waals surface area contributed by atoms with Crippen LogP contribution in [0.15, 0.2) is 18.2 Å². The lowest BCUT2D eigenvalue weighted by Crippen LogP contribution is -2.33. The Hall–Kier alpha value is -2.11. The standard InChI is InChI=1S/C14H18FNO4/c1-9-3-4-11(15)12(5-9)20-8-13(17)16-7-10(2)6-14(18)19/h3-5,10H,6-8H2,1-2H3,(H,16,17)(H,18,19). The number of carbonyl (C=O) groups is 2. The molecule has 20 heavy (non-hydrogen) atoms. The van der Waals surface area contributed by atoms with E-state index in [-0.39, 0.29) is 31.2 Å². The molecule has 0 heterocycles. The third-order valence-electron chi connectivity index (χ3n) is 2.62. The number of aliphatic carboxylic acids is 1. The molecule has 0 saturated heterocycles. The minimum Gasteiger partial charge on any atom is -0.481 e. The molecule has 1 unspecified atom stereocenters. The lowest BCUT2D eigenvalue weighted by atomic mass is 10.1. The lowest BCUT2D eigenvalue weighted by molar-refractivity contribution is -0.138. The molecule has 0 aliphatic carbocycles. The van der Waals surface area contributed by atoms with Crippen LogP contribution in [0.2, 0.25) is 0 Å². The summed E-state index contributed by atoms with van der Waals surface area (Å²) in [5.41, 5.74) is 0.830. The number of nitrogens with one attached hydrogen (secondary N) is 1. The second kappa shape index (κ2) is 7.47. The van der Waals surface area contributed by atoms with Crippen LogP contribution in [0.5, 0.6) is 5.75 Å². The first-order valence-corrected chi connectivity index (χ1v) is 6.26. The Morgan fingerprint density at radius 3 is 2.80 bits per heavy atom. The molecule has 0 saturated carbocycles. The normalized spacial score (nSPS) is 11.8. The molecule has 1 aromatic carbocycles. The fourth-order valence-corrected chi connectivity index (χ4v) is 1.57. The van der Waals surface area contributed by atoms with E-state index in [0.717, 1.165) is 5.56 Å². The number of halogens is 1. The van der Waals surface area contributed by atoms with Crippen molar-refractivity contribution < 1.29 is 23.8 Å². The number of ether oxygens (including phenoxy) is 1. The van der Waals surface area contributed by atoms with Crippen LogP contribution in [0.3, 0.4) is 0 Å². The number of benzene rings is 1. The van der Waals surface area contributed by atoms with E-state index >= 15 is 0 Å². The fourth-order valence-electron chi connectivity index (χ4n) is 1.57. The highest BCUT2D eigenvalue weighted by molar-refractivity contribution is 5.77. The molecule has 0 aliphatic rings. The summed E-state index contributed by atoms with van der Waals surface area (Å²) in [7, 11) is 0. The molecule has 1 aromatic rings. The summed E-state index contributed by atoms with van der Waals surface area (Å²) < 4.78 is 18.4. The Morgan fingerprint density at radius 1 is 1.45 bits per heavy atom. The van der Waals surface area contributed by atoms with Crippen molar-refractivity contribution in [3.8, 4) is 5.75 Å². The zero-order valence-corrected chi connectivity index (χ0v) is 11.5. The SMILES string of the molecule is Cc1ccc(F)c(OCC(=O)NCC(C)CC(=O)O)c1. The quantitative estimate of drug-likeness (QED) is 0.799. The van der Waals surface area contributed by atoms with E-state index in [1.165, 1.54) is 12.1 Å². The molecule has 0 radical (unpaired) electrons. The van der Waals surface area contributed by atoms with Crippen molar-refractivity contribution in [2.75, 3.05) is 13.2 Å². The van der Waals surface area contributed by atoms with E-state index in [1.807, 2.05) is 0 Å². The summed E-state index contributed by atoms with van der Waals surface area (Å²) >= 11 is 0. The van der Waals surface area contributed by atoms with E-state index in [1.54, 1.807) is 19.9 Å². The fraction of sp³-hybridized carbons (Fsp3) is 0.429. The molecular weight excluding hydrogens is 265 g/mol. The van der Waals surface area contributed by atoms with Crippen molar-refractivity contribution in [2.45, 2.75) is 20.3 Å². The van der Waals surface area contributed by atoms with Crippen molar-refractivity contribution in [2.24, 2.45) is 5.92 Å². The first-order chi connectivity index (χ1) is 9.38. The van der Waals surface area contributed by atoms with Crippen LogP contribution >= 0.6 is 0 Å². The van der Waals surface area contributed by atoms with Crippen LogP contribution in [0, 0.1) is 18.7 Å². The maximum absolute atomic E-state index is 13.4. The van der Waals surface area contributed by atoms with Crippen molar-refractivity contribution in [3.05, 3.63) is 29.6 Å². The molecule has 1 amide bonds. The van der Waals surface area contributed by atoms with Gasteiger partial charge in [0.15, 0.2) is 18.2 Å². The van der Waals surface area contributed by atoms with E-state index in [2.05, 4.69) is 5.32 Å². The van der Waals surface area contributed by atoms with Crippen LogP contribution in [-0.2, 0) is 9.59 Å². The predicted octanol–water partition coefficient (Wildman–Crippen LogP) is 1.74. The maximum Gasteiger partial charge on any atom is 0.303 e. The molecule has 0 spiro atoms. The smallest absolute Gasteiger partial charge is 0.303 e. The number of hydrogen-bond acceptors (Lipinski definition) is 3. The number of carboxylic acids is 1. The third-order valence-corrected chi connectivity index (χ3v) is 2.62. The van der Waals surface area contributed by atoms with Gasteiger partial charge in [-0.15, -0.1) is 0 Å². The van der Waals surface area contributed by atoms with Crippen molar-refractivity contribution in [3.63, 3.8) is 0 Å². The minimum atomic E-state index is -0.912. The van der Waals surface area contributed by atoms with Crippen molar-refractivity contribution in [1.29, 1.82) is 0 Å². The summed E-state index contributed by atoms with van der Waals surface area (Å²) in [6, 6.07) is 4.39. The van der Waals surface area contributed by atoms with Gasteiger partial charge in [0.05, 0.1) is 0 Å². The predicted molar refractivity (Wildman–Crippen MR) is 71.1 cm³/mol. The Bertz CT molecular complexity index is 490. The highest BCUT2D eigenvalue weighted by Gasteiger charge is 2.11. The number of aryl methyl sites for hydroxylation is 1. The summed E-state index contributed by atoms with van der Waals surface area (Å²) in [4.78, 5) is 22.0. The highest BCUT2D eigenvalue weighted by atomic mass is 19.1. The summed E-state index contributed by atoms with van der Waals surface area (Å²) in [6.45, 7) is 3.44. The van der Waals surface area contributed by atoms with Crippen LogP contribution in [0.4, 0.5) is 4.39 Å². The second-order valence-corrected chi connectivity index (χ2v) is 4.73. The van der Waals surface area contributed by atoms with Gasteiger partial charge in [0.2, 0.25) is 0 Å². The summed E-state index contributed by atoms with van der Waals surface area (Å²) in [5, 5.41) is 11.1. The van der Waals surface area contributed by atoms with E-state index in [0.29, 0.717) is 0 Å². The molecule has 110 valence electrons. The average Bonchev–Trinajstić information content (AvgIpc) is 2.36. The van der Waals surface area contributed by atoms with Gasteiger partial charge in [-0.1, -0.05) is 13.0 Å². The number of amides is 1. The van der Waals surface area contributed by atoms with Crippen LogP contribution in [0.1, 0.15) is 18.9 Å². The Balaban J connectivity index is 2.36. The van der Waals surface area contributed by atoms with Gasteiger partial charge in [0, 0.05) is 13.0 Å². The van der Waals surface area contributed by atoms with Gasteiger partial charge in [0.1, 0.15) is 0 Å². The lowest BCUT2D eigenvalue weighted by Gasteiger charge is -2.11. The second-order valence-electron chi connectivity index (χ2n) is 4.73. The van der Waals surface area contributed by atoms with E-state index in [9.17, 15) is 14.0 Å². The molecule has 5 nitrogen and oxygen atoms in total. The van der Waals surface area contributed by atoms with Gasteiger partial charge in [-0.2, -0.15) is 0 Å². The largest absolute Gasteiger partial charge is 0.481 e. The Labute approximate surface area is 116 Å². The van der Waals surface area contributed by atoms with Gasteiger partial charge >= 0.3 is 5.97 Å². The van der Waals surface area contributed by atoms with Crippen LogP contribution < -0.4 is 10.1 Å². The zero-order valence-electron chi connectivity index (χ0n) is 11.5. The Morgan fingerprint density at radius 2 is 2.15 bits per heavy atom. The average molecular weight is 283 g/mol. The number of carbonyl (C=O) groups excluding carboxylic acids is 1. The minimum absolute atomic E-state index is 0.0202. The van der Waals surface area contributed by atoms with Crippen LogP contribution in [-0.4, -0.2) is 30.1 Å². The van der Waals surface area contributed by atoms with Gasteiger partial charge in [-0.3, -0.25) is 9.59 Å². The molecule has 2 N–H and O–H groups in total. The topological polar surface area (TPSA) is 75.6 Å². The molecule has 1 atom stereocenters. The molecule has 1 rings (SSSR count). The number of hydrogen-bond donors (Lipinski definition) is 2. The van der Waals surface area contributed by atoms with E-state index < -0.39 is 17.7 Å². The molecule has 0 bridgehead atoms. The molecule has 0 aliphatic heterocycles. The first-order valence-electron chi connectivity index (χ1n) is 6.26. The number of rotatable bonds is 7. The summed E-state index contributed by atoms with van der Waals surface area (Å²) in [6.07, 6.45) is -0.0202. The Kier molecular flexibility index (Phi) is 5.96.